The van der Waals surface area contributed by atoms with E-state index in [2.05, 4.69) is 17.1 Å². The summed E-state index contributed by atoms with van der Waals surface area (Å²) in [6.07, 6.45) is 1.78. The molecule has 124 valence electrons. The lowest BCUT2D eigenvalue weighted by atomic mass is 10.0. The molecule has 0 saturated heterocycles. The second kappa shape index (κ2) is 6.65. The Hall–Kier alpha value is -2.72. The first-order chi connectivity index (χ1) is 12.2. The molecule has 4 nitrogen and oxygen atoms in total. The molecule has 0 aliphatic carbocycles. The minimum absolute atomic E-state index is 0.525. The van der Waals surface area contributed by atoms with Crippen molar-refractivity contribution >= 4 is 22.5 Å². The minimum atomic E-state index is 0.525. The van der Waals surface area contributed by atoms with Gasteiger partial charge in [-0.1, -0.05) is 54.0 Å². The highest BCUT2D eigenvalue weighted by molar-refractivity contribution is 6.30. The molecule has 2 aromatic carbocycles. The third-order valence-corrected chi connectivity index (χ3v) is 4.28. The fourth-order valence-electron chi connectivity index (χ4n) is 2.81. The summed E-state index contributed by atoms with van der Waals surface area (Å²) in [7, 11) is 0. The highest BCUT2D eigenvalue weighted by Gasteiger charge is 2.15. The largest absolute Gasteiger partial charge is 0.334 e. The number of halogens is 1. The van der Waals surface area contributed by atoms with Crippen molar-refractivity contribution < 1.29 is 4.52 Å². The Labute approximate surface area is 150 Å². The van der Waals surface area contributed by atoms with Crippen LogP contribution in [0, 0.1) is 0 Å². The van der Waals surface area contributed by atoms with Crippen LogP contribution in [-0.2, 0) is 6.42 Å². The van der Waals surface area contributed by atoms with Crippen molar-refractivity contribution in [1.29, 1.82) is 0 Å². The average molecular weight is 350 g/mol. The predicted octanol–water partition coefficient (Wildman–Crippen LogP) is 5.56. The monoisotopic (exact) mass is 349 g/mol. The molecule has 4 rings (SSSR count). The van der Waals surface area contributed by atoms with Gasteiger partial charge in [-0.2, -0.15) is 4.98 Å². The van der Waals surface area contributed by atoms with E-state index in [0.29, 0.717) is 10.9 Å². The van der Waals surface area contributed by atoms with Crippen LogP contribution in [0.4, 0.5) is 0 Å². The van der Waals surface area contributed by atoms with E-state index in [9.17, 15) is 0 Å². The van der Waals surface area contributed by atoms with Crippen LogP contribution in [0.5, 0.6) is 0 Å². The van der Waals surface area contributed by atoms with Gasteiger partial charge in [-0.25, -0.2) is 4.98 Å². The maximum absolute atomic E-state index is 6.00. The summed E-state index contributed by atoms with van der Waals surface area (Å²) in [6.45, 7) is 2.09. The van der Waals surface area contributed by atoms with Crippen LogP contribution in [0.3, 0.4) is 0 Å². The Kier molecular flexibility index (Phi) is 4.20. The lowest BCUT2D eigenvalue weighted by molar-refractivity contribution is 0.422. The quantitative estimate of drug-likeness (QED) is 0.484. The number of pyridine rings is 1. The first-order valence-electron chi connectivity index (χ1n) is 8.23. The Bertz CT molecular complexity index is 1020. The van der Waals surface area contributed by atoms with Gasteiger partial charge in [-0.15, -0.1) is 0 Å². The van der Waals surface area contributed by atoms with E-state index in [1.165, 1.54) is 0 Å². The molecule has 0 atom stereocenters. The van der Waals surface area contributed by atoms with Gasteiger partial charge in [-0.3, -0.25) is 0 Å². The Balaban J connectivity index is 1.90. The van der Waals surface area contributed by atoms with Crippen LogP contribution in [-0.4, -0.2) is 15.1 Å². The average Bonchev–Trinajstić information content (AvgIpc) is 3.10. The molecule has 5 heteroatoms. The highest BCUT2D eigenvalue weighted by atomic mass is 35.5. The standard InChI is InChI=1S/C20H16ClN3O/c1-2-5-19-23-20(25-24-19)16-12-18(13-8-10-14(21)11-9-13)22-17-7-4-3-6-15(16)17/h3-4,6-12H,2,5H2,1H3. The van der Waals surface area contributed by atoms with E-state index >= 15 is 0 Å². The molecule has 0 saturated carbocycles. The molecule has 4 aromatic rings. The first kappa shape index (κ1) is 15.8. The van der Waals surface area contributed by atoms with Crippen LogP contribution in [0.15, 0.2) is 59.1 Å². The minimum Gasteiger partial charge on any atom is -0.334 e. The molecule has 25 heavy (non-hydrogen) atoms. The molecule has 0 fully saturated rings. The molecular formula is C20H16ClN3O. The molecule has 0 bridgehead atoms. The normalized spacial score (nSPS) is 11.1. The first-order valence-corrected chi connectivity index (χ1v) is 8.61. The van der Waals surface area contributed by atoms with Crippen LogP contribution in [0.1, 0.15) is 19.2 Å². The van der Waals surface area contributed by atoms with E-state index in [4.69, 9.17) is 21.1 Å². The molecule has 0 aliphatic rings. The molecule has 0 amide bonds. The number of rotatable bonds is 4. The molecule has 0 aliphatic heterocycles. The zero-order chi connectivity index (χ0) is 17.2. The molecule has 0 unspecified atom stereocenters. The maximum atomic E-state index is 6.00. The lowest BCUT2D eigenvalue weighted by Crippen LogP contribution is -1.90. The van der Waals surface area contributed by atoms with Gasteiger partial charge in [0.1, 0.15) is 0 Å². The second-order valence-corrected chi connectivity index (χ2v) is 6.28. The van der Waals surface area contributed by atoms with Crippen molar-refractivity contribution in [3.8, 4) is 22.7 Å². The molecular weight excluding hydrogens is 334 g/mol. The summed E-state index contributed by atoms with van der Waals surface area (Å²) < 4.78 is 5.51. The molecule has 0 spiro atoms. The maximum Gasteiger partial charge on any atom is 0.258 e. The van der Waals surface area contributed by atoms with Crippen molar-refractivity contribution in [1.82, 2.24) is 15.1 Å². The second-order valence-electron chi connectivity index (χ2n) is 5.84. The van der Waals surface area contributed by atoms with Gasteiger partial charge in [-0.05, 0) is 30.7 Å². The van der Waals surface area contributed by atoms with Gasteiger partial charge >= 0.3 is 0 Å². The topological polar surface area (TPSA) is 51.8 Å². The predicted molar refractivity (Wildman–Crippen MR) is 99.5 cm³/mol. The van der Waals surface area contributed by atoms with E-state index in [0.717, 1.165) is 46.4 Å². The van der Waals surface area contributed by atoms with Crippen molar-refractivity contribution in [2.75, 3.05) is 0 Å². The van der Waals surface area contributed by atoms with Gasteiger partial charge < -0.3 is 4.52 Å². The summed E-state index contributed by atoms with van der Waals surface area (Å²) in [4.78, 5) is 9.31. The van der Waals surface area contributed by atoms with Crippen LogP contribution >= 0.6 is 11.6 Å². The summed E-state index contributed by atoms with van der Waals surface area (Å²) in [6, 6.07) is 17.6. The summed E-state index contributed by atoms with van der Waals surface area (Å²) >= 11 is 6.00. The summed E-state index contributed by atoms with van der Waals surface area (Å²) in [5, 5.41) is 5.77. The van der Waals surface area contributed by atoms with Gasteiger partial charge in [0, 0.05) is 22.4 Å². The number of fused-ring (bicyclic) bond motifs is 1. The fourth-order valence-corrected chi connectivity index (χ4v) is 2.94. The van der Waals surface area contributed by atoms with Crippen molar-refractivity contribution in [3.05, 3.63) is 65.4 Å². The highest BCUT2D eigenvalue weighted by Crippen LogP contribution is 2.31. The molecule has 2 aromatic heterocycles. The number of nitrogens with zero attached hydrogens (tertiary/aromatic N) is 3. The van der Waals surface area contributed by atoms with Crippen molar-refractivity contribution in [2.45, 2.75) is 19.8 Å². The summed E-state index contributed by atoms with van der Waals surface area (Å²) in [5.74, 6) is 1.25. The van der Waals surface area contributed by atoms with Gasteiger partial charge in [0.15, 0.2) is 5.82 Å². The zero-order valence-corrected chi connectivity index (χ0v) is 14.5. The van der Waals surface area contributed by atoms with Crippen molar-refractivity contribution in [3.63, 3.8) is 0 Å². The zero-order valence-electron chi connectivity index (χ0n) is 13.7. The van der Waals surface area contributed by atoms with Crippen LogP contribution < -0.4 is 0 Å². The number of hydrogen-bond donors (Lipinski definition) is 0. The molecule has 0 N–H and O–H groups in total. The van der Waals surface area contributed by atoms with Crippen LogP contribution in [0.25, 0.3) is 33.6 Å². The van der Waals surface area contributed by atoms with Gasteiger partial charge in [0.05, 0.1) is 16.8 Å². The number of para-hydroxylation sites is 1. The SMILES string of the molecule is CCCc1noc(-c2cc(-c3ccc(Cl)cc3)nc3ccccc23)n1. The number of benzene rings is 2. The smallest absolute Gasteiger partial charge is 0.258 e. The van der Waals surface area contributed by atoms with Gasteiger partial charge in [0.2, 0.25) is 0 Å². The number of hydrogen-bond acceptors (Lipinski definition) is 4. The number of aryl methyl sites for hydroxylation is 1. The third-order valence-electron chi connectivity index (χ3n) is 4.03. The lowest BCUT2D eigenvalue weighted by Gasteiger charge is -2.07. The van der Waals surface area contributed by atoms with Crippen molar-refractivity contribution in [2.24, 2.45) is 0 Å². The third kappa shape index (κ3) is 3.13. The summed E-state index contributed by atoms with van der Waals surface area (Å²) in [5.41, 5.74) is 3.62. The Morgan fingerprint density at radius 3 is 2.60 bits per heavy atom. The molecule has 2 heterocycles. The van der Waals surface area contributed by atoms with Gasteiger partial charge in [0.25, 0.3) is 5.89 Å². The fraction of sp³-hybridized carbons (Fsp3) is 0.150. The van der Waals surface area contributed by atoms with E-state index in [1.54, 1.807) is 0 Å². The molecule has 0 radical (unpaired) electrons. The Morgan fingerprint density at radius 1 is 1.00 bits per heavy atom. The van der Waals surface area contributed by atoms with E-state index < -0.39 is 0 Å². The number of aromatic nitrogens is 3. The Morgan fingerprint density at radius 2 is 1.80 bits per heavy atom. The van der Waals surface area contributed by atoms with E-state index in [1.807, 2.05) is 54.6 Å². The van der Waals surface area contributed by atoms with E-state index in [-0.39, 0.29) is 0 Å². The van der Waals surface area contributed by atoms with Crippen LogP contribution in [0.2, 0.25) is 5.02 Å².